The highest BCUT2D eigenvalue weighted by atomic mass is 32.1. The molecule has 0 aliphatic carbocycles. The van der Waals surface area contributed by atoms with Crippen LogP contribution in [-0.2, 0) is 11.3 Å². The summed E-state index contributed by atoms with van der Waals surface area (Å²) in [7, 11) is 0. The summed E-state index contributed by atoms with van der Waals surface area (Å²) in [4.78, 5) is 28.8. The van der Waals surface area contributed by atoms with Gasteiger partial charge in [-0.05, 0) is 23.8 Å². The number of carbonyl (C=O) groups excluding carboxylic acids is 1. The Morgan fingerprint density at radius 2 is 2.27 bits per heavy atom. The van der Waals surface area contributed by atoms with Crippen molar-refractivity contribution in [1.29, 1.82) is 0 Å². The predicted octanol–water partition coefficient (Wildman–Crippen LogP) is 1.37. The molecule has 120 valence electrons. The zero-order valence-corrected chi connectivity index (χ0v) is 13.6. The normalized spacial score (nSPS) is 12.7. The molecule has 2 heterocycles. The fourth-order valence-electron chi connectivity index (χ4n) is 2.22. The van der Waals surface area contributed by atoms with Crippen LogP contribution >= 0.6 is 11.3 Å². The molecule has 2 aromatic heterocycles. The Kier molecular flexibility index (Phi) is 5.68. The Morgan fingerprint density at radius 1 is 1.50 bits per heavy atom. The molecule has 22 heavy (non-hydrogen) atoms. The topological polar surface area (TPSA) is 84.2 Å². The molecular weight excluding hydrogens is 302 g/mol. The van der Waals surface area contributed by atoms with Gasteiger partial charge in [0.1, 0.15) is 4.83 Å². The minimum Gasteiger partial charge on any atom is -0.391 e. The van der Waals surface area contributed by atoms with E-state index >= 15 is 0 Å². The van der Waals surface area contributed by atoms with E-state index in [9.17, 15) is 14.7 Å². The number of nitrogens with zero attached hydrogens (tertiary/aromatic N) is 2. The van der Waals surface area contributed by atoms with Crippen LogP contribution in [0.1, 0.15) is 26.7 Å². The first-order valence-electron chi connectivity index (χ1n) is 7.34. The maximum absolute atomic E-state index is 12.1. The molecule has 1 amide bonds. The second-order valence-electron chi connectivity index (χ2n) is 5.72. The fourth-order valence-corrected chi connectivity index (χ4v) is 2.95. The first-order valence-corrected chi connectivity index (χ1v) is 8.22. The number of aromatic nitrogens is 2. The van der Waals surface area contributed by atoms with E-state index in [2.05, 4.69) is 10.3 Å². The van der Waals surface area contributed by atoms with Crippen molar-refractivity contribution < 1.29 is 9.90 Å². The van der Waals surface area contributed by atoms with Gasteiger partial charge in [-0.2, -0.15) is 0 Å². The van der Waals surface area contributed by atoms with Gasteiger partial charge in [-0.3, -0.25) is 14.2 Å². The second-order valence-corrected chi connectivity index (χ2v) is 6.61. The minimum atomic E-state index is -0.532. The van der Waals surface area contributed by atoms with Crippen LogP contribution in [0.3, 0.4) is 0 Å². The Labute approximate surface area is 132 Å². The maximum atomic E-state index is 12.1. The summed E-state index contributed by atoms with van der Waals surface area (Å²) in [5.41, 5.74) is -0.126. The van der Waals surface area contributed by atoms with Gasteiger partial charge in [-0.15, -0.1) is 11.3 Å². The largest absolute Gasteiger partial charge is 0.391 e. The Morgan fingerprint density at radius 3 is 3.00 bits per heavy atom. The van der Waals surface area contributed by atoms with Gasteiger partial charge in [0.2, 0.25) is 5.91 Å². The molecule has 2 N–H and O–H groups in total. The van der Waals surface area contributed by atoms with Crippen molar-refractivity contribution in [3.05, 3.63) is 28.1 Å². The van der Waals surface area contributed by atoms with Gasteiger partial charge < -0.3 is 10.4 Å². The quantitative estimate of drug-likeness (QED) is 0.806. The molecule has 0 aliphatic heterocycles. The molecule has 7 heteroatoms. The van der Waals surface area contributed by atoms with Crippen molar-refractivity contribution in [3.63, 3.8) is 0 Å². The summed E-state index contributed by atoms with van der Waals surface area (Å²) < 4.78 is 1.44. The van der Waals surface area contributed by atoms with Gasteiger partial charge in [0.25, 0.3) is 5.56 Å². The third-order valence-electron chi connectivity index (χ3n) is 3.31. The third-order valence-corrected chi connectivity index (χ3v) is 4.13. The molecule has 0 bridgehead atoms. The number of nitrogens with one attached hydrogen (secondary N) is 1. The molecule has 1 unspecified atom stereocenters. The average Bonchev–Trinajstić information content (AvgIpc) is 2.93. The van der Waals surface area contributed by atoms with Crippen molar-refractivity contribution in [3.8, 4) is 0 Å². The molecule has 0 fully saturated rings. The van der Waals surface area contributed by atoms with Crippen LogP contribution in [0.4, 0.5) is 0 Å². The molecule has 0 saturated carbocycles. The van der Waals surface area contributed by atoms with E-state index in [1.165, 1.54) is 22.2 Å². The number of aryl methyl sites for hydroxylation is 1. The second kappa shape index (κ2) is 7.51. The van der Waals surface area contributed by atoms with E-state index in [0.29, 0.717) is 22.6 Å². The zero-order valence-electron chi connectivity index (χ0n) is 12.8. The molecule has 0 aromatic carbocycles. The summed E-state index contributed by atoms with van der Waals surface area (Å²) >= 11 is 1.42. The van der Waals surface area contributed by atoms with Crippen LogP contribution < -0.4 is 10.9 Å². The van der Waals surface area contributed by atoms with Crippen LogP contribution in [-0.4, -0.2) is 33.2 Å². The van der Waals surface area contributed by atoms with Gasteiger partial charge >= 0.3 is 0 Å². The van der Waals surface area contributed by atoms with E-state index in [-0.39, 0.29) is 31.0 Å². The van der Waals surface area contributed by atoms with Crippen LogP contribution in [0.15, 0.2) is 22.6 Å². The van der Waals surface area contributed by atoms with Gasteiger partial charge in [0.15, 0.2) is 0 Å². The zero-order chi connectivity index (χ0) is 16.1. The van der Waals surface area contributed by atoms with E-state index in [1.807, 2.05) is 19.2 Å². The summed E-state index contributed by atoms with van der Waals surface area (Å²) in [6, 6.07) is 1.74. The van der Waals surface area contributed by atoms with Gasteiger partial charge in [-0.25, -0.2) is 4.98 Å². The first kappa shape index (κ1) is 16.6. The average molecular weight is 323 g/mol. The number of fused-ring (bicyclic) bond motifs is 1. The van der Waals surface area contributed by atoms with Gasteiger partial charge in [-0.1, -0.05) is 13.8 Å². The number of rotatable bonds is 7. The van der Waals surface area contributed by atoms with Crippen LogP contribution in [0.5, 0.6) is 0 Å². The highest BCUT2D eigenvalue weighted by molar-refractivity contribution is 7.16. The van der Waals surface area contributed by atoms with E-state index in [1.54, 1.807) is 6.07 Å². The minimum absolute atomic E-state index is 0.126. The van der Waals surface area contributed by atoms with Crippen LogP contribution in [0, 0.1) is 5.92 Å². The summed E-state index contributed by atoms with van der Waals surface area (Å²) in [6.07, 6.45) is 1.78. The SMILES string of the molecule is CC(C)CC(O)CNC(=O)CCn1cnc2sccc2c1=O. The molecule has 6 nitrogen and oxygen atoms in total. The Balaban J connectivity index is 1.85. The van der Waals surface area contributed by atoms with Crippen molar-refractivity contribution in [2.24, 2.45) is 5.92 Å². The van der Waals surface area contributed by atoms with Crippen molar-refractivity contribution in [2.75, 3.05) is 6.54 Å². The lowest BCUT2D eigenvalue weighted by Gasteiger charge is -2.14. The van der Waals surface area contributed by atoms with Crippen molar-refractivity contribution >= 4 is 27.5 Å². The Bertz CT molecular complexity index is 693. The number of hydrogen-bond donors (Lipinski definition) is 2. The summed E-state index contributed by atoms with van der Waals surface area (Å²) in [6.45, 7) is 4.56. The molecule has 2 aromatic rings. The number of hydrogen-bond acceptors (Lipinski definition) is 5. The van der Waals surface area contributed by atoms with Crippen molar-refractivity contribution in [2.45, 2.75) is 39.3 Å². The number of aliphatic hydroxyl groups excluding tert-OH is 1. The van der Waals surface area contributed by atoms with Crippen LogP contribution in [0.2, 0.25) is 0 Å². The highest BCUT2D eigenvalue weighted by Gasteiger charge is 2.10. The number of amides is 1. The lowest BCUT2D eigenvalue weighted by Crippen LogP contribution is -2.34. The first-order chi connectivity index (χ1) is 10.5. The van der Waals surface area contributed by atoms with Crippen molar-refractivity contribution in [1.82, 2.24) is 14.9 Å². The monoisotopic (exact) mass is 323 g/mol. The standard InChI is InChI=1S/C15H21N3O3S/c1-10(2)7-11(19)8-16-13(20)3-5-18-9-17-14-12(15(18)21)4-6-22-14/h4,6,9-11,19H,3,5,7-8H2,1-2H3,(H,16,20). The van der Waals surface area contributed by atoms with Gasteiger partial charge in [0.05, 0.1) is 17.8 Å². The van der Waals surface area contributed by atoms with Gasteiger partial charge in [0, 0.05) is 19.5 Å². The smallest absolute Gasteiger partial charge is 0.262 e. The van der Waals surface area contributed by atoms with Crippen LogP contribution in [0.25, 0.3) is 10.2 Å². The lowest BCUT2D eigenvalue weighted by molar-refractivity contribution is -0.121. The number of aliphatic hydroxyl groups is 1. The highest BCUT2D eigenvalue weighted by Crippen LogP contribution is 2.13. The molecule has 0 radical (unpaired) electrons. The maximum Gasteiger partial charge on any atom is 0.262 e. The Hall–Kier alpha value is -1.73. The van der Waals surface area contributed by atoms with E-state index in [4.69, 9.17) is 0 Å². The lowest BCUT2D eigenvalue weighted by atomic mass is 10.1. The molecule has 0 saturated heterocycles. The molecule has 0 aliphatic rings. The van der Waals surface area contributed by atoms with E-state index < -0.39 is 6.10 Å². The molecular formula is C15H21N3O3S. The molecule has 0 spiro atoms. The number of thiophene rings is 1. The molecule has 2 rings (SSSR count). The summed E-state index contributed by atoms with van der Waals surface area (Å²) in [5, 5.41) is 14.8. The number of carbonyl (C=O) groups is 1. The van der Waals surface area contributed by atoms with E-state index in [0.717, 1.165) is 0 Å². The fraction of sp³-hybridized carbons (Fsp3) is 0.533. The summed E-state index contributed by atoms with van der Waals surface area (Å²) in [5.74, 6) is 0.203. The molecule has 1 atom stereocenters. The predicted molar refractivity (Wildman–Crippen MR) is 87.0 cm³/mol. The third kappa shape index (κ3) is 4.38.